The van der Waals surface area contributed by atoms with Crippen LogP contribution >= 0.6 is 0 Å². The average molecular weight is 403 g/mol. The summed E-state index contributed by atoms with van der Waals surface area (Å²) in [6, 6.07) is 12.4. The minimum Gasteiger partial charge on any atom is -0.497 e. The van der Waals surface area contributed by atoms with Crippen molar-refractivity contribution in [2.75, 3.05) is 12.4 Å². The number of aromatic amines is 1. The van der Waals surface area contributed by atoms with E-state index in [1.807, 2.05) is 38.1 Å². The molecule has 1 amide bonds. The zero-order valence-corrected chi connectivity index (χ0v) is 16.8. The number of rotatable bonds is 5. The number of H-pyrrole nitrogens is 1. The summed E-state index contributed by atoms with van der Waals surface area (Å²) in [5, 5.41) is 10.2. The number of anilines is 1. The van der Waals surface area contributed by atoms with Crippen LogP contribution in [0.15, 0.2) is 59.8 Å². The van der Waals surface area contributed by atoms with Crippen LogP contribution in [0.5, 0.6) is 5.75 Å². The lowest BCUT2D eigenvalue weighted by Gasteiger charge is -2.11. The molecule has 0 radical (unpaired) electrons. The summed E-state index contributed by atoms with van der Waals surface area (Å²) in [5.41, 5.74) is 2.74. The summed E-state index contributed by atoms with van der Waals surface area (Å²) in [5.74, 6) is 0.392. The normalized spacial score (nSPS) is 11.1. The van der Waals surface area contributed by atoms with E-state index in [1.54, 1.807) is 36.2 Å². The van der Waals surface area contributed by atoms with E-state index < -0.39 is 0 Å². The largest absolute Gasteiger partial charge is 0.497 e. The molecule has 0 aliphatic heterocycles. The van der Waals surface area contributed by atoms with E-state index >= 15 is 0 Å². The second-order valence-corrected chi connectivity index (χ2v) is 7.12. The van der Waals surface area contributed by atoms with Crippen LogP contribution in [0.3, 0.4) is 0 Å². The number of hydrogen-bond acceptors (Lipinski definition) is 5. The van der Waals surface area contributed by atoms with Crippen LogP contribution in [-0.4, -0.2) is 32.8 Å². The highest BCUT2D eigenvalue weighted by molar-refractivity contribution is 6.08. The highest BCUT2D eigenvalue weighted by Crippen LogP contribution is 2.25. The second-order valence-electron chi connectivity index (χ2n) is 7.12. The summed E-state index contributed by atoms with van der Waals surface area (Å²) in [6.45, 7) is 3.83. The Hall–Kier alpha value is -3.94. The number of amides is 1. The Balaban J connectivity index is 1.65. The molecule has 4 rings (SSSR count). The standard InChI is InChI=1S/C22H21N5O3/c1-13(2)27-12-23-19-9-6-15(10-17(19)22(27)29)25-21(28)18-11-24-26-20(18)14-4-7-16(30-3)8-5-14/h4-13H,1-3H3,(H,24,26)(H,25,28). The fourth-order valence-corrected chi connectivity index (χ4v) is 3.22. The van der Waals surface area contributed by atoms with Crippen LogP contribution in [0, 0.1) is 0 Å². The maximum atomic E-state index is 12.9. The lowest BCUT2D eigenvalue weighted by atomic mass is 10.1. The van der Waals surface area contributed by atoms with Crippen molar-refractivity contribution < 1.29 is 9.53 Å². The Morgan fingerprint density at radius 3 is 2.63 bits per heavy atom. The van der Waals surface area contributed by atoms with E-state index in [4.69, 9.17) is 4.74 Å². The maximum absolute atomic E-state index is 12.9. The smallest absolute Gasteiger partial charge is 0.261 e. The number of methoxy groups -OCH3 is 1. The van der Waals surface area contributed by atoms with Gasteiger partial charge in [-0.05, 0) is 56.3 Å². The second kappa shape index (κ2) is 7.82. The van der Waals surface area contributed by atoms with E-state index in [1.165, 1.54) is 6.20 Å². The third-order valence-electron chi connectivity index (χ3n) is 4.86. The first-order chi connectivity index (χ1) is 14.5. The van der Waals surface area contributed by atoms with Gasteiger partial charge in [-0.3, -0.25) is 19.3 Å². The number of nitrogens with zero attached hydrogens (tertiary/aromatic N) is 3. The van der Waals surface area contributed by atoms with Gasteiger partial charge in [0.05, 0.1) is 41.8 Å². The summed E-state index contributed by atoms with van der Waals surface area (Å²) >= 11 is 0. The van der Waals surface area contributed by atoms with Gasteiger partial charge < -0.3 is 10.1 Å². The van der Waals surface area contributed by atoms with Crippen LogP contribution in [0.25, 0.3) is 22.2 Å². The predicted octanol–water partition coefficient (Wildman–Crippen LogP) is 3.63. The highest BCUT2D eigenvalue weighted by Gasteiger charge is 2.16. The van der Waals surface area contributed by atoms with Gasteiger partial charge in [0.15, 0.2) is 0 Å². The van der Waals surface area contributed by atoms with Crippen molar-refractivity contribution in [3.63, 3.8) is 0 Å². The maximum Gasteiger partial charge on any atom is 0.261 e. The Morgan fingerprint density at radius 2 is 1.93 bits per heavy atom. The van der Waals surface area contributed by atoms with E-state index in [0.29, 0.717) is 27.8 Å². The summed E-state index contributed by atoms with van der Waals surface area (Å²) in [6.07, 6.45) is 3.02. The highest BCUT2D eigenvalue weighted by atomic mass is 16.5. The fraction of sp³-hybridized carbons (Fsp3) is 0.182. The molecule has 152 valence electrons. The molecule has 2 aromatic carbocycles. The molecule has 0 aliphatic rings. The van der Waals surface area contributed by atoms with E-state index in [9.17, 15) is 9.59 Å². The number of fused-ring (bicyclic) bond motifs is 1. The number of carbonyl (C=O) groups excluding carboxylic acids is 1. The zero-order valence-electron chi connectivity index (χ0n) is 16.8. The third-order valence-corrected chi connectivity index (χ3v) is 4.86. The van der Waals surface area contributed by atoms with Crippen molar-refractivity contribution in [2.45, 2.75) is 19.9 Å². The first-order valence-corrected chi connectivity index (χ1v) is 9.48. The molecular formula is C22H21N5O3. The zero-order chi connectivity index (χ0) is 21.3. The number of ether oxygens (including phenoxy) is 1. The van der Waals surface area contributed by atoms with Crippen molar-refractivity contribution in [1.82, 2.24) is 19.7 Å². The van der Waals surface area contributed by atoms with Crippen molar-refractivity contribution in [3.8, 4) is 17.0 Å². The van der Waals surface area contributed by atoms with Crippen molar-refractivity contribution in [2.24, 2.45) is 0 Å². The Labute approximate surface area is 172 Å². The van der Waals surface area contributed by atoms with Gasteiger partial charge in [-0.25, -0.2) is 4.98 Å². The first-order valence-electron chi connectivity index (χ1n) is 9.48. The number of aromatic nitrogens is 4. The van der Waals surface area contributed by atoms with Gasteiger partial charge in [0.25, 0.3) is 11.5 Å². The summed E-state index contributed by atoms with van der Waals surface area (Å²) in [4.78, 5) is 29.9. The molecule has 0 bridgehead atoms. The first kappa shape index (κ1) is 19.4. The lowest BCUT2D eigenvalue weighted by Crippen LogP contribution is -2.22. The van der Waals surface area contributed by atoms with Gasteiger partial charge >= 0.3 is 0 Å². The Morgan fingerprint density at radius 1 is 1.17 bits per heavy atom. The van der Waals surface area contributed by atoms with E-state index in [2.05, 4.69) is 20.5 Å². The molecule has 2 aromatic heterocycles. The monoisotopic (exact) mass is 403 g/mol. The van der Waals surface area contributed by atoms with Crippen molar-refractivity contribution in [1.29, 1.82) is 0 Å². The molecule has 0 spiro atoms. The number of benzene rings is 2. The van der Waals surface area contributed by atoms with Crippen LogP contribution in [0.1, 0.15) is 30.2 Å². The minimum absolute atomic E-state index is 0.00867. The van der Waals surface area contributed by atoms with E-state index in [-0.39, 0.29) is 17.5 Å². The lowest BCUT2D eigenvalue weighted by molar-refractivity contribution is 0.102. The van der Waals surface area contributed by atoms with Gasteiger partial charge in [-0.15, -0.1) is 0 Å². The Bertz CT molecular complexity index is 1270. The predicted molar refractivity (Wildman–Crippen MR) is 115 cm³/mol. The molecule has 4 aromatic rings. The number of nitrogens with one attached hydrogen (secondary N) is 2. The molecule has 2 N–H and O–H groups in total. The Kier molecular flexibility index (Phi) is 5.05. The van der Waals surface area contributed by atoms with Gasteiger partial charge in [0.2, 0.25) is 0 Å². The van der Waals surface area contributed by atoms with Crippen LogP contribution in [0.2, 0.25) is 0 Å². The van der Waals surface area contributed by atoms with Crippen LogP contribution in [-0.2, 0) is 0 Å². The van der Waals surface area contributed by atoms with Crippen LogP contribution in [0.4, 0.5) is 5.69 Å². The quantitative estimate of drug-likeness (QED) is 0.530. The summed E-state index contributed by atoms with van der Waals surface area (Å²) in [7, 11) is 1.60. The van der Waals surface area contributed by atoms with Crippen molar-refractivity contribution in [3.05, 3.63) is 70.9 Å². The summed E-state index contributed by atoms with van der Waals surface area (Å²) < 4.78 is 6.73. The van der Waals surface area contributed by atoms with Gasteiger partial charge in [0.1, 0.15) is 5.75 Å². The van der Waals surface area contributed by atoms with Gasteiger partial charge in [0, 0.05) is 17.3 Å². The molecule has 0 saturated carbocycles. The topological polar surface area (TPSA) is 102 Å². The molecule has 30 heavy (non-hydrogen) atoms. The van der Waals surface area contributed by atoms with E-state index in [0.717, 1.165) is 11.3 Å². The van der Waals surface area contributed by atoms with Gasteiger partial charge in [-0.1, -0.05) is 0 Å². The molecule has 0 unspecified atom stereocenters. The molecule has 0 atom stereocenters. The molecule has 2 heterocycles. The average Bonchev–Trinajstić information content (AvgIpc) is 3.24. The molecule has 0 fully saturated rings. The molecular weight excluding hydrogens is 382 g/mol. The SMILES string of the molecule is COc1ccc(-c2[nH]ncc2C(=O)Nc2ccc3ncn(C(C)C)c(=O)c3c2)cc1. The van der Waals surface area contributed by atoms with Crippen LogP contribution < -0.4 is 15.6 Å². The minimum atomic E-state index is -0.331. The van der Waals surface area contributed by atoms with Crippen molar-refractivity contribution >= 4 is 22.5 Å². The fourth-order valence-electron chi connectivity index (χ4n) is 3.22. The number of hydrogen-bond donors (Lipinski definition) is 2. The number of carbonyl (C=O) groups is 1. The molecule has 0 saturated heterocycles. The molecule has 8 nitrogen and oxygen atoms in total. The molecule has 8 heteroatoms. The molecule has 0 aliphatic carbocycles. The van der Waals surface area contributed by atoms with Gasteiger partial charge in [-0.2, -0.15) is 5.10 Å². The third kappa shape index (κ3) is 3.55.